The van der Waals surface area contributed by atoms with Crippen LogP contribution in [0.25, 0.3) is 0 Å². The zero-order valence-corrected chi connectivity index (χ0v) is 6.22. The van der Waals surface area contributed by atoms with Crippen molar-refractivity contribution >= 4 is 0 Å². The molecule has 0 N–H and O–H groups in total. The maximum absolute atomic E-state index is 9.45. The van der Waals surface area contributed by atoms with Crippen molar-refractivity contribution in [3.63, 3.8) is 0 Å². The average Bonchev–Trinajstić information content (AvgIpc) is 2.14. The Labute approximate surface area is 68.2 Å². The summed E-state index contributed by atoms with van der Waals surface area (Å²) in [5.41, 5.74) is 0. The van der Waals surface area contributed by atoms with E-state index in [4.69, 9.17) is 0 Å². The first-order valence-corrected chi connectivity index (χ1v) is 1.56. The van der Waals surface area contributed by atoms with Crippen molar-refractivity contribution in [2.75, 3.05) is 0 Å². The third-order valence-electron chi connectivity index (χ3n) is 0.444. The fourth-order valence-corrected chi connectivity index (χ4v) is 0.204. The van der Waals surface area contributed by atoms with E-state index in [2.05, 4.69) is 25.9 Å². The number of nitrogens with zero attached hydrogens (tertiary/aromatic N) is 5. The predicted molar refractivity (Wildman–Crippen MR) is 20.4 cm³/mol. The van der Waals surface area contributed by atoms with E-state index in [0.717, 1.165) is 0 Å². The molecule has 0 saturated carbocycles. The molecule has 0 bridgehead atoms. The van der Waals surface area contributed by atoms with Crippen LogP contribution in [0, 0.1) is 4.91 Å². The molecule has 1 heterocycles. The van der Waals surface area contributed by atoms with Gasteiger partial charge in [0, 0.05) is 0 Å². The minimum Gasteiger partial charge on any atom is -1.00 e. The summed E-state index contributed by atoms with van der Waals surface area (Å²) in [6.07, 6.45) is -0.917. The van der Waals surface area contributed by atoms with Gasteiger partial charge >= 0.3 is 35.8 Å². The van der Waals surface area contributed by atoms with Gasteiger partial charge in [0.25, 0.3) is 0 Å². The van der Waals surface area contributed by atoms with Crippen molar-refractivity contribution in [3.8, 4) is 0 Å². The molecule has 0 aromatic heterocycles. The molecule has 6 nitrogen and oxygen atoms in total. The van der Waals surface area contributed by atoms with Crippen LogP contribution in [0.15, 0.2) is 25.9 Å². The van der Waals surface area contributed by atoms with Gasteiger partial charge in [0.2, 0.25) is 0 Å². The van der Waals surface area contributed by atoms with E-state index in [-0.39, 0.29) is 31.0 Å². The fourth-order valence-electron chi connectivity index (χ4n) is 0.204. The Morgan fingerprint density at radius 1 is 1.38 bits per heavy atom. The number of hydrogen-bond donors (Lipinski definition) is 0. The second-order valence-corrected chi connectivity index (χ2v) is 0.862. The molecule has 7 heteroatoms. The van der Waals surface area contributed by atoms with Gasteiger partial charge in [-0.3, -0.25) is 0 Å². The SMILES string of the molecule is O=NC1N=NN=N1.[H-].[Na+]. The summed E-state index contributed by atoms with van der Waals surface area (Å²) in [6.45, 7) is 0. The Hall–Kier alpha value is -0.200. The van der Waals surface area contributed by atoms with Crippen LogP contribution in [0.2, 0.25) is 0 Å². The first-order valence-electron chi connectivity index (χ1n) is 1.56. The largest absolute Gasteiger partial charge is 1.00 e. The molecule has 0 aliphatic carbocycles. The van der Waals surface area contributed by atoms with E-state index in [9.17, 15) is 4.91 Å². The topological polar surface area (TPSA) is 78.9 Å². The van der Waals surface area contributed by atoms with Crippen molar-refractivity contribution in [1.82, 2.24) is 0 Å². The second kappa shape index (κ2) is 3.76. The summed E-state index contributed by atoms with van der Waals surface area (Å²) in [5, 5.41) is 14.8. The number of hydrogen-bond acceptors (Lipinski definition) is 6. The summed E-state index contributed by atoms with van der Waals surface area (Å²) in [7, 11) is 0. The summed E-state index contributed by atoms with van der Waals surface area (Å²) in [6, 6.07) is 0. The van der Waals surface area contributed by atoms with Crippen molar-refractivity contribution < 1.29 is 31.0 Å². The Balaban J connectivity index is 0. The molecule has 0 atom stereocenters. The quantitative estimate of drug-likeness (QED) is 0.293. The van der Waals surface area contributed by atoms with Gasteiger partial charge in [0.15, 0.2) is 0 Å². The van der Waals surface area contributed by atoms with Gasteiger partial charge in [-0.05, 0) is 15.6 Å². The molecular weight excluding hydrogens is 121 g/mol. The van der Waals surface area contributed by atoms with Gasteiger partial charge < -0.3 is 1.43 Å². The van der Waals surface area contributed by atoms with E-state index in [0.29, 0.717) is 0 Å². The van der Waals surface area contributed by atoms with Crippen LogP contribution in [0.1, 0.15) is 1.43 Å². The minimum absolute atomic E-state index is 0. The van der Waals surface area contributed by atoms with Crippen LogP contribution in [-0.4, -0.2) is 6.29 Å². The van der Waals surface area contributed by atoms with Crippen molar-refractivity contribution in [2.24, 2.45) is 25.9 Å². The summed E-state index contributed by atoms with van der Waals surface area (Å²) >= 11 is 0. The van der Waals surface area contributed by atoms with Gasteiger partial charge in [0.1, 0.15) is 0 Å². The van der Waals surface area contributed by atoms with Crippen molar-refractivity contribution in [3.05, 3.63) is 4.91 Å². The number of nitroso groups, excluding NO2 is 1. The van der Waals surface area contributed by atoms with Crippen LogP contribution < -0.4 is 29.6 Å². The molecule has 1 aliphatic heterocycles. The maximum Gasteiger partial charge on any atom is 1.00 e. The van der Waals surface area contributed by atoms with Gasteiger partial charge in [-0.15, -0.1) is 15.1 Å². The molecule has 0 amide bonds. The second-order valence-electron chi connectivity index (χ2n) is 0.862. The van der Waals surface area contributed by atoms with Gasteiger partial charge in [-0.25, -0.2) is 0 Å². The molecule has 8 heavy (non-hydrogen) atoms. The van der Waals surface area contributed by atoms with Crippen LogP contribution in [0.5, 0.6) is 0 Å². The first-order chi connectivity index (χ1) is 3.43. The van der Waals surface area contributed by atoms with Crippen LogP contribution in [0.3, 0.4) is 0 Å². The Kier molecular flexibility index (Phi) is 3.67. The van der Waals surface area contributed by atoms with Gasteiger partial charge in [-0.2, -0.15) is 0 Å². The molecule has 0 aromatic rings. The molecule has 0 aromatic carbocycles. The molecule has 1 rings (SSSR count). The fraction of sp³-hybridized carbons (Fsp3) is 1.00. The number of rotatable bonds is 1. The molecule has 0 spiro atoms. The Morgan fingerprint density at radius 2 is 1.88 bits per heavy atom. The zero-order valence-electron chi connectivity index (χ0n) is 5.22. The van der Waals surface area contributed by atoms with E-state index >= 15 is 0 Å². The first kappa shape index (κ1) is 7.80. The molecule has 0 fully saturated rings. The summed E-state index contributed by atoms with van der Waals surface area (Å²) in [4.78, 5) is 9.45. The van der Waals surface area contributed by atoms with Crippen molar-refractivity contribution in [2.45, 2.75) is 6.29 Å². The van der Waals surface area contributed by atoms with E-state index in [1.165, 1.54) is 0 Å². The van der Waals surface area contributed by atoms with Crippen LogP contribution in [-0.2, 0) is 0 Å². The predicted octanol–water partition coefficient (Wildman–Crippen LogP) is -2.01. The van der Waals surface area contributed by atoms with Gasteiger partial charge in [-0.1, -0.05) is 0 Å². The zero-order chi connectivity index (χ0) is 5.11. The van der Waals surface area contributed by atoms with Crippen LogP contribution in [0.4, 0.5) is 0 Å². The van der Waals surface area contributed by atoms with Gasteiger partial charge in [0.05, 0.1) is 0 Å². The normalized spacial score (nSPS) is 16.0. The standard InChI is InChI=1S/CHN5O.Na.H/c7-4-1-2-5-6-3-1;;/h1H;;/q;+1;-1. The third-order valence-corrected chi connectivity index (χ3v) is 0.444. The molecular formula is CH2N5NaO. The third kappa shape index (κ3) is 1.73. The summed E-state index contributed by atoms with van der Waals surface area (Å²) < 4.78 is 0. The van der Waals surface area contributed by atoms with E-state index in [1.54, 1.807) is 0 Å². The van der Waals surface area contributed by atoms with E-state index < -0.39 is 6.29 Å². The molecule has 0 unspecified atom stereocenters. The smallest absolute Gasteiger partial charge is 1.00 e. The Bertz CT molecular complexity index is 123. The maximum atomic E-state index is 9.45. The molecule has 0 radical (unpaired) electrons. The minimum atomic E-state index is -0.917. The summed E-state index contributed by atoms with van der Waals surface area (Å²) in [5.74, 6) is 0. The molecule has 1 aliphatic rings. The van der Waals surface area contributed by atoms with Crippen LogP contribution >= 0.6 is 0 Å². The van der Waals surface area contributed by atoms with E-state index in [1.807, 2.05) is 0 Å². The monoisotopic (exact) mass is 123 g/mol. The Morgan fingerprint density at radius 3 is 2.12 bits per heavy atom. The van der Waals surface area contributed by atoms with Crippen molar-refractivity contribution in [1.29, 1.82) is 0 Å². The molecule has 0 saturated heterocycles. The average molecular weight is 123 g/mol. The molecule has 38 valence electrons.